The van der Waals surface area contributed by atoms with Crippen LogP contribution < -0.4 is 20.1 Å². The van der Waals surface area contributed by atoms with E-state index in [-0.39, 0.29) is 17.1 Å². The summed E-state index contributed by atoms with van der Waals surface area (Å²) >= 11 is 1.70. The number of amides is 1. The van der Waals surface area contributed by atoms with Crippen LogP contribution in [0.1, 0.15) is 59.7 Å². The van der Waals surface area contributed by atoms with Crippen molar-refractivity contribution in [2.75, 3.05) is 19.5 Å². The van der Waals surface area contributed by atoms with Gasteiger partial charge in [0.1, 0.15) is 11.2 Å². The second kappa shape index (κ2) is 7.13. The Hall–Kier alpha value is -2.41. The van der Waals surface area contributed by atoms with Crippen LogP contribution in [0, 0.1) is 11.3 Å². The lowest BCUT2D eigenvalue weighted by Crippen LogP contribution is -2.38. The molecule has 1 aromatic heterocycles. The van der Waals surface area contributed by atoms with E-state index in [2.05, 4.69) is 31.4 Å². The Bertz CT molecular complexity index is 935. The second-order valence-electron chi connectivity index (χ2n) is 8.84. The van der Waals surface area contributed by atoms with Crippen LogP contribution in [0.2, 0.25) is 0 Å². The van der Waals surface area contributed by atoms with Crippen molar-refractivity contribution in [2.45, 2.75) is 46.2 Å². The molecular formula is C22H28N2O4S. The van der Waals surface area contributed by atoms with Gasteiger partial charge < -0.3 is 25.2 Å². The van der Waals surface area contributed by atoms with Gasteiger partial charge in [-0.1, -0.05) is 20.8 Å². The summed E-state index contributed by atoms with van der Waals surface area (Å²) in [5.41, 5.74) is 3.02. The molecule has 0 bridgehead atoms. The maximum absolute atomic E-state index is 13.0. The molecule has 0 spiro atoms. The molecule has 1 aromatic carbocycles. The Kier molecular flexibility index (Phi) is 4.89. The van der Waals surface area contributed by atoms with E-state index in [9.17, 15) is 9.90 Å². The van der Waals surface area contributed by atoms with Crippen molar-refractivity contribution in [3.8, 4) is 17.2 Å². The average molecular weight is 417 g/mol. The predicted molar refractivity (Wildman–Crippen MR) is 114 cm³/mol. The quantitative estimate of drug-likeness (QED) is 0.688. The van der Waals surface area contributed by atoms with Crippen molar-refractivity contribution < 1.29 is 19.4 Å². The molecule has 156 valence electrons. The lowest BCUT2D eigenvalue weighted by Gasteiger charge is -2.34. The minimum absolute atomic E-state index is 0.0542. The molecule has 3 N–H and O–H groups in total. The highest BCUT2D eigenvalue weighted by Gasteiger charge is 2.36. The number of hydrogen-bond donors (Lipinski definition) is 3. The van der Waals surface area contributed by atoms with Gasteiger partial charge in [0, 0.05) is 10.4 Å². The van der Waals surface area contributed by atoms with Gasteiger partial charge in [0.05, 0.1) is 19.8 Å². The van der Waals surface area contributed by atoms with Crippen molar-refractivity contribution >= 4 is 22.2 Å². The zero-order valence-electron chi connectivity index (χ0n) is 17.5. The first-order valence-electron chi connectivity index (χ1n) is 9.89. The lowest BCUT2D eigenvalue weighted by molar-refractivity contribution is 0.0934. The minimum Gasteiger partial charge on any atom is -0.502 e. The maximum Gasteiger partial charge on any atom is 0.256 e. The number of phenolic OH excluding ortho intramolecular Hbond substituents is 1. The van der Waals surface area contributed by atoms with Crippen molar-refractivity contribution in [3.05, 3.63) is 33.7 Å². The number of ether oxygens (including phenoxy) is 2. The van der Waals surface area contributed by atoms with E-state index >= 15 is 0 Å². The zero-order valence-corrected chi connectivity index (χ0v) is 18.3. The van der Waals surface area contributed by atoms with Crippen LogP contribution in [0.5, 0.6) is 17.2 Å². The third-order valence-electron chi connectivity index (χ3n) is 6.10. The van der Waals surface area contributed by atoms with Gasteiger partial charge in [0.2, 0.25) is 5.75 Å². The van der Waals surface area contributed by atoms with Crippen LogP contribution in [0.3, 0.4) is 0 Å². The van der Waals surface area contributed by atoms with Crippen molar-refractivity contribution in [2.24, 2.45) is 11.3 Å². The second-order valence-corrected chi connectivity index (χ2v) is 9.94. The van der Waals surface area contributed by atoms with Crippen LogP contribution in [0.4, 0.5) is 5.00 Å². The van der Waals surface area contributed by atoms with Crippen LogP contribution >= 0.6 is 11.3 Å². The molecule has 0 saturated carbocycles. The third-order valence-corrected chi connectivity index (χ3v) is 7.29. The molecule has 7 heteroatoms. The topological polar surface area (TPSA) is 79.8 Å². The molecule has 0 unspecified atom stereocenters. The molecule has 1 aliphatic carbocycles. The average Bonchev–Trinajstić information content (AvgIpc) is 3.05. The lowest BCUT2D eigenvalue weighted by atomic mass is 9.72. The number of thiophene rings is 1. The first-order chi connectivity index (χ1) is 13.7. The molecule has 0 fully saturated rings. The maximum atomic E-state index is 13.0. The number of rotatable bonds is 3. The number of fused-ring (bicyclic) bond motifs is 3. The molecule has 29 heavy (non-hydrogen) atoms. The van der Waals surface area contributed by atoms with E-state index in [1.54, 1.807) is 23.5 Å². The molecule has 2 atom stereocenters. The van der Waals surface area contributed by atoms with E-state index < -0.39 is 6.17 Å². The zero-order chi connectivity index (χ0) is 20.9. The molecule has 0 saturated heterocycles. The summed E-state index contributed by atoms with van der Waals surface area (Å²) in [5.74, 6) is 1.13. The summed E-state index contributed by atoms with van der Waals surface area (Å²) in [6.45, 7) is 6.88. The molecule has 2 aliphatic rings. The minimum atomic E-state index is -0.420. The number of carbonyl (C=O) groups excluding carboxylic acids is 1. The van der Waals surface area contributed by atoms with Gasteiger partial charge in [-0.15, -0.1) is 11.3 Å². The van der Waals surface area contributed by atoms with Gasteiger partial charge in [0.25, 0.3) is 5.91 Å². The number of anilines is 1. The highest BCUT2D eigenvalue weighted by molar-refractivity contribution is 7.16. The largest absolute Gasteiger partial charge is 0.502 e. The van der Waals surface area contributed by atoms with Crippen molar-refractivity contribution in [3.63, 3.8) is 0 Å². The fourth-order valence-corrected chi connectivity index (χ4v) is 5.64. The Labute approximate surface area is 175 Å². The number of carbonyl (C=O) groups is 1. The summed E-state index contributed by atoms with van der Waals surface area (Å²) in [4.78, 5) is 14.3. The van der Waals surface area contributed by atoms with Gasteiger partial charge in [-0.2, -0.15) is 0 Å². The number of aromatic hydroxyl groups is 1. The van der Waals surface area contributed by atoms with Crippen LogP contribution in [0.15, 0.2) is 12.1 Å². The van der Waals surface area contributed by atoms with Crippen LogP contribution in [0.25, 0.3) is 0 Å². The Balaban J connectivity index is 1.67. The van der Waals surface area contributed by atoms with E-state index in [1.807, 2.05) is 0 Å². The highest BCUT2D eigenvalue weighted by atomic mass is 32.1. The summed E-state index contributed by atoms with van der Waals surface area (Å²) < 4.78 is 10.5. The summed E-state index contributed by atoms with van der Waals surface area (Å²) in [6.07, 6.45) is 2.67. The molecule has 6 nitrogen and oxygen atoms in total. The number of nitrogens with one attached hydrogen (secondary N) is 2. The van der Waals surface area contributed by atoms with Crippen molar-refractivity contribution in [1.29, 1.82) is 0 Å². The van der Waals surface area contributed by atoms with Crippen molar-refractivity contribution in [1.82, 2.24) is 5.32 Å². The van der Waals surface area contributed by atoms with E-state index in [0.717, 1.165) is 35.4 Å². The summed E-state index contributed by atoms with van der Waals surface area (Å²) in [7, 11) is 2.98. The molecule has 1 amide bonds. The Morgan fingerprint density at radius 3 is 2.38 bits per heavy atom. The molecule has 4 rings (SSSR count). The molecule has 2 aromatic rings. The highest BCUT2D eigenvalue weighted by Crippen LogP contribution is 2.47. The fourth-order valence-electron chi connectivity index (χ4n) is 4.28. The molecule has 0 radical (unpaired) electrons. The van der Waals surface area contributed by atoms with E-state index in [4.69, 9.17) is 9.47 Å². The monoisotopic (exact) mass is 416 g/mol. The summed E-state index contributed by atoms with van der Waals surface area (Å²) in [5, 5.41) is 17.6. The molecule has 1 aliphatic heterocycles. The van der Waals surface area contributed by atoms with Gasteiger partial charge in [-0.3, -0.25) is 4.79 Å². The van der Waals surface area contributed by atoms with Gasteiger partial charge in [0.15, 0.2) is 11.5 Å². The molecular weight excluding hydrogens is 388 g/mol. The van der Waals surface area contributed by atoms with Crippen LogP contribution in [-0.4, -0.2) is 25.2 Å². The summed E-state index contributed by atoms with van der Waals surface area (Å²) in [6, 6.07) is 3.42. The molecule has 2 heterocycles. The Morgan fingerprint density at radius 2 is 1.79 bits per heavy atom. The standard InChI is InChI=1S/C22H28N2O4S/c1-22(2,3)12-6-7-13-16(10-12)29-21-17(13)20(26)23-19(24-21)11-8-14(27-4)18(25)15(9-11)28-5/h8-9,12,19,24-25H,6-7,10H2,1-5H3,(H,23,26)/t12-,19+/m0/s1. The third kappa shape index (κ3) is 3.41. The van der Waals surface area contributed by atoms with Gasteiger partial charge in [-0.25, -0.2) is 0 Å². The number of hydrogen-bond acceptors (Lipinski definition) is 6. The van der Waals surface area contributed by atoms with Gasteiger partial charge in [-0.05, 0) is 48.3 Å². The first-order valence-corrected chi connectivity index (χ1v) is 10.7. The fraction of sp³-hybridized carbons (Fsp3) is 0.500. The SMILES string of the molecule is COc1cc([C@@H]2NC(=O)c3c(sc4c3CC[C@H](C(C)(C)C)C4)N2)cc(OC)c1O. The van der Waals surface area contributed by atoms with E-state index in [0.29, 0.717) is 17.4 Å². The predicted octanol–water partition coefficient (Wildman–Crippen LogP) is 4.48. The van der Waals surface area contributed by atoms with Gasteiger partial charge >= 0.3 is 0 Å². The van der Waals surface area contributed by atoms with E-state index in [1.165, 1.54) is 24.7 Å². The smallest absolute Gasteiger partial charge is 0.256 e. The van der Waals surface area contributed by atoms with Crippen LogP contribution in [-0.2, 0) is 12.8 Å². The Morgan fingerprint density at radius 1 is 1.14 bits per heavy atom. The first kappa shape index (κ1) is 19.9. The number of benzene rings is 1. The number of methoxy groups -OCH3 is 2. The number of phenols is 1. The normalized spacial score (nSPS) is 20.9.